The number of unbranched alkanes of at least 4 members (excludes halogenated alkanes) is 73. The third-order valence-electron chi connectivity index (χ3n) is 22.0. The summed E-state index contributed by atoms with van der Waals surface area (Å²) in [6.07, 6.45) is 107. The summed E-state index contributed by atoms with van der Waals surface area (Å²) < 4.78 is 23.1. The normalized spacial score (nSPS) is 12.5. The van der Waals surface area contributed by atoms with E-state index >= 15 is 0 Å². The molecule has 0 saturated carbocycles. The fraction of sp³-hybridized carbons (Fsp3) is 0.947. The molecule has 0 aromatic carbocycles. The average Bonchev–Trinajstić information content (AvgIpc) is 1.16. The molecule has 0 aliphatic rings. The second-order valence-electron chi connectivity index (χ2n) is 33.7. The number of carboxylic acids is 1. The fourth-order valence-corrected chi connectivity index (χ4v) is 14.9. The van der Waals surface area contributed by atoms with E-state index in [2.05, 4.69) is 26.0 Å². The molecule has 0 aliphatic carbocycles. The molecule has 1 N–H and O–H groups in total. The third kappa shape index (κ3) is 87.1. The minimum absolute atomic E-state index is 0.172. The molecule has 0 amide bonds. The van der Waals surface area contributed by atoms with Crippen LogP contribution in [-0.2, 0) is 33.3 Å². The molecule has 2 unspecified atom stereocenters. The Morgan fingerprint density at radius 2 is 0.495 bits per heavy atom. The summed E-state index contributed by atoms with van der Waals surface area (Å²) in [6, 6.07) is 0. The van der Waals surface area contributed by atoms with E-state index in [0.29, 0.717) is 17.4 Å². The molecule has 0 rings (SSSR count). The number of ether oxygens (including phenoxy) is 4. The van der Waals surface area contributed by atoms with Crippen LogP contribution in [0.25, 0.3) is 0 Å². The number of rotatable bonds is 90. The van der Waals surface area contributed by atoms with Gasteiger partial charge < -0.3 is 28.5 Å². The van der Waals surface area contributed by atoms with E-state index in [1.165, 1.54) is 449 Å². The van der Waals surface area contributed by atoms with Crippen LogP contribution in [0.4, 0.5) is 0 Å². The van der Waals surface area contributed by atoms with E-state index in [1.807, 2.05) is 21.1 Å². The number of carbonyl (C=O) groups is 3. The highest BCUT2D eigenvalue weighted by molar-refractivity contribution is 5.71. The minimum Gasteiger partial charge on any atom is -0.477 e. The second-order valence-corrected chi connectivity index (χ2v) is 33.7. The Morgan fingerprint density at radius 3 is 0.718 bits per heavy atom. The van der Waals surface area contributed by atoms with Crippen molar-refractivity contribution < 1.29 is 42.9 Å². The molecule has 2 atom stereocenters. The number of allylic oxidation sites excluding steroid dienone is 2. The van der Waals surface area contributed by atoms with Gasteiger partial charge in [-0.1, -0.05) is 475 Å². The van der Waals surface area contributed by atoms with E-state index in [9.17, 15) is 19.5 Å². The Kier molecular flexibility index (Phi) is 84.0. The molecular weight excluding hydrogens is 1270 g/mol. The van der Waals surface area contributed by atoms with Gasteiger partial charge >= 0.3 is 17.9 Å². The molecule has 0 aliphatic heterocycles. The fourth-order valence-electron chi connectivity index (χ4n) is 14.9. The SMILES string of the molecule is CCCCCCCCCC/C=C\CCCCCCCCCCCCCCCCCCCCCCCCCCCC(=O)OC(COC(=O)CCCCCCCCCCCCCCCCCCCCCCCCCCCCCCCCCCCCCCCCCCC)COC(OCC[N+](C)(C)C)C(=O)O. The van der Waals surface area contributed by atoms with E-state index < -0.39 is 18.4 Å². The Hall–Kier alpha value is -1.97. The van der Waals surface area contributed by atoms with Gasteiger partial charge in [-0.15, -0.1) is 0 Å². The van der Waals surface area contributed by atoms with Crippen LogP contribution < -0.4 is 0 Å². The first-order valence-electron chi connectivity index (χ1n) is 46.9. The lowest BCUT2D eigenvalue weighted by Gasteiger charge is -2.25. The van der Waals surface area contributed by atoms with Gasteiger partial charge in [0.15, 0.2) is 6.10 Å². The molecule has 9 nitrogen and oxygen atoms in total. The van der Waals surface area contributed by atoms with Crippen LogP contribution in [0.3, 0.4) is 0 Å². The predicted octanol–water partition coefficient (Wildman–Crippen LogP) is 30.6. The smallest absolute Gasteiger partial charge is 0.361 e. The van der Waals surface area contributed by atoms with Crippen LogP contribution in [0.5, 0.6) is 0 Å². The van der Waals surface area contributed by atoms with Crippen LogP contribution in [0.15, 0.2) is 12.2 Å². The van der Waals surface area contributed by atoms with Gasteiger partial charge in [0.2, 0.25) is 0 Å². The number of esters is 2. The van der Waals surface area contributed by atoms with E-state index in [4.69, 9.17) is 18.9 Å². The van der Waals surface area contributed by atoms with Crippen molar-refractivity contribution in [3.8, 4) is 0 Å². The summed E-state index contributed by atoms with van der Waals surface area (Å²) in [6.45, 7) is 4.99. The van der Waals surface area contributed by atoms with Gasteiger partial charge in [-0.2, -0.15) is 0 Å². The van der Waals surface area contributed by atoms with Crippen molar-refractivity contribution in [3.63, 3.8) is 0 Å². The second kappa shape index (κ2) is 85.6. The average molecular weight is 1460 g/mol. The molecular formula is C94H184NO8+. The summed E-state index contributed by atoms with van der Waals surface area (Å²) in [4.78, 5) is 37.8. The summed E-state index contributed by atoms with van der Waals surface area (Å²) in [5, 5.41) is 9.80. The Labute approximate surface area is 644 Å². The molecule has 9 heteroatoms. The van der Waals surface area contributed by atoms with Crippen LogP contribution in [-0.4, -0.2) is 87.4 Å². The van der Waals surface area contributed by atoms with Crippen LogP contribution in [0, 0.1) is 0 Å². The Morgan fingerprint density at radius 1 is 0.282 bits per heavy atom. The number of quaternary nitrogens is 1. The van der Waals surface area contributed by atoms with Crippen LogP contribution in [0.2, 0.25) is 0 Å². The van der Waals surface area contributed by atoms with Crippen molar-refractivity contribution in [2.75, 3.05) is 47.5 Å². The number of carbonyl (C=O) groups excluding carboxylic acids is 2. The molecule has 0 heterocycles. The monoisotopic (exact) mass is 1460 g/mol. The number of aliphatic carboxylic acids is 1. The molecule has 0 aromatic rings. The summed E-state index contributed by atoms with van der Waals surface area (Å²) >= 11 is 0. The van der Waals surface area contributed by atoms with Crippen molar-refractivity contribution in [2.45, 2.75) is 527 Å². The zero-order valence-corrected chi connectivity index (χ0v) is 70.5. The number of nitrogens with zero attached hydrogens (tertiary/aromatic N) is 1. The Balaban J connectivity index is 3.85. The van der Waals surface area contributed by atoms with Gasteiger partial charge in [0.1, 0.15) is 13.2 Å². The number of carboxylic acid groups (broad SMARTS) is 1. The maximum Gasteiger partial charge on any atom is 0.361 e. The topological polar surface area (TPSA) is 108 Å². The molecule has 0 radical (unpaired) electrons. The molecule has 0 spiro atoms. The van der Waals surface area contributed by atoms with Gasteiger partial charge in [0, 0.05) is 12.8 Å². The molecule has 612 valence electrons. The van der Waals surface area contributed by atoms with Crippen LogP contribution in [0.1, 0.15) is 515 Å². The van der Waals surface area contributed by atoms with Crippen molar-refractivity contribution >= 4 is 17.9 Å². The predicted molar refractivity (Wildman–Crippen MR) is 448 cm³/mol. The lowest BCUT2D eigenvalue weighted by Crippen LogP contribution is -2.40. The lowest BCUT2D eigenvalue weighted by atomic mass is 10.0. The molecule has 0 bridgehead atoms. The number of hydrogen-bond acceptors (Lipinski definition) is 7. The number of hydrogen-bond donors (Lipinski definition) is 1. The third-order valence-corrected chi connectivity index (χ3v) is 22.0. The van der Waals surface area contributed by atoms with E-state index in [1.54, 1.807) is 0 Å². The lowest BCUT2D eigenvalue weighted by molar-refractivity contribution is -0.870. The maximum absolute atomic E-state index is 13.0. The quantitative estimate of drug-likeness (QED) is 0.0211. The molecule has 0 fully saturated rings. The Bertz CT molecular complexity index is 1700. The van der Waals surface area contributed by atoms with Gasteiger partial charge in [-0.3, -0.25) is 9.59 Å². The highest BCUT2D eigenvalue weighted by Gasteiger charge is 2.25. The summed E-state index contributed by atoms with van der Waals surface area (Å²) in [7, 11) is 6.01. The van der Waals surface area contributed by atoms with Gasteiger partial charge in [0.05, 0.1) is 34.4 Å². The van der Waals surface area contributed by atoms with Crippen molar-refractivity contribution in [3.05, 3.63) is 12.2 Å². The van der Waals surface area contributed by atoms with Crippen molar-refractivity contribution in [1.82, 2.24) is 0 Å². The van der Waals surface area contributed by atoms with Crippen LogP contribution >= 0.6 is 0 Å². The van der Waals surface area contributed by atoms with Gasteiger partial charge in [-0.05, 0) is 38.5 Å². The summed E-state index contributed by atoms with van der Waals surface area (Å²) in [5.41, 5.74) is 0. The molecule has 103 heavy (non-hydrogen) atoms. The first-order chi connectivity index (χ1) is 50.6. The highest BCUT2D eigenvalue weighted by Crippen LogP contribution is 2.22. The molecule has 0 saturated heterocycles. The number of likely N-dealkylation sites (N-methyl/N-ethyl adjacent to an activating group) is 1. The molecule has 0 aromatic heterocycles. The van der Waals surface area contributed by atoms with E-state index in [0.717, 1.165) is 38.5 Å². The minimum atomic E-state index is -1.51. The van der Waals surface area contributed by atoms with Gasteiger partial charge in [-0.25, -0.2) is 4.79 Å². The largest absolute Gasteiger partial charge is 0.477 e. The zero-order chi connectivity index (χ0) is 74.6. The highest BCUT2D eigenvalue weighted by atomic mass is 16.7. The van der Waals surface area contributed by atoms with Crippen molar-refractivity contribution in [2.24, 2.45) is 0 Å². The summed E-state index contributed by atoms with van der Waals surface area (Å²) in [5.74, 6) is -1.96. The van der Waals surface area contributed by atoms with E-state index in [-0.39, 0.29) is 38.2 Å². The first-order valence-corrected chi connectivity index (χ1v) is 46.9. The van der Waals surface area contributed by atoms with Gasteiger partial charge in [0.25, 0.3) is 6.29 Å². The zero-order valence-electron chi connectivity index (χ0n) is 70.5. The van der Waals surface area contributed by atoms with Crippen molar-refractivity contribution in [1.29, 1.82) is 0 Å². The standard InChI is InChI=1S/C94H183NO8/c1-6-8-10-12-14-16-18-20-22-24-26-28-30-32-34-36-38-40-42-44-45-46-47-49-50-52-54-56-58-60-62-64-66-68-70-72-74-76-78-80-82-84-91(96)101-88-90(89-102-94(93(98)99)100-87-86-95(3,4)5)103-92(97)85-83-81-79-77-75-73-71-69-67-65-63-61-59-57-55-53-51-48-43-41-39-37-35-33-31-29-27-25-23-21-19-17-15-13-11-9-7-2/h25,27,90,94H,6-24,26,28-89H2,1-5H3/p+1/b27-25-. The maximum atomic E-state index is 13.0. The first kappa shape index (κ1) is 101.